The second-order valence-corrected chi connectivity index (χ2v) is 5.25. The van der Waals surface area contributed by atoms with Gasteiger partial charge in [0.15, 0.2) is 0 Å². The van der Waals surface area contributed by atoms with E-state index in [-0.39, 0.29) is 12.5 Å². The normalized spacial score (nSPS) is 11.6. The van der Waals surface area contributed by atoms with Gasteiger partial charge in [-0.3, -0.25) is 25.6 Å². The minimum absolute atomic E-state index is 0.0258. The van der Waals surface area contributed by atoms with Crippen molar-refractivity contribution in [3.8, 4) is 0 Å². The molecule has 0 bridgehead atoms. The predicted octanol–water partition coefficient (Wildman–Crippen LogP) is 1.88. The molecule has 0 saturated carbocycles. The molecule has 1 heterocycles. The molecule has 1 rings (SSSR count). The third-order valence-corrected chi connectivity index (χ3v) is 3.29. The Bertz CT molecular complexity index is 482. The summed E-state index contributed by atoms with van der Waals surface area (Å²) < 4.78 is 0. The SMILES string of the molecule is CCCCC[C@@H](CN(O)C=O)C(=O)NNc1cc(C)ccn1. The van der Waals surface area contributed by atoms with Gasteiger partial charge < -0.3 is 0 Å². The van der Waals surface area contributed by atoms with Gasteiger partial charge in [0.25, 0.3) is 0 Å². The van der Waals surface area contributed by atoms with Crippen LogP contribution < -0.4 is 10.9 Å². The number of aromatic nitrogens is 1. The minimum atomic E-state index is -0.473. The molecular weight excluding hydrogens is 284 g/mol. The number of unbranched alkanes of at least 4 members (excludes halogenated alkanes) is 2. The fourth-order valence-corrected chi connectivity index (χ4v) is 2.05. The number of amides is 2. The van der Waals surface area contributed by atoms with E-state index in [1.54, 1.807) is 12.3 Å². The molecule has 1 aromatic rings. The fourth-order valence-electron chi connectivity index (χ4n) is 2.05. The molecule has 0 aliphatic rings. The maximum Gasteiger partial charge on any atom is 0.243 e. The Labute approximate surface area is 130 Å². The highest BCUT2D eigenvalue weighted by Crippen LogP contribution is 2.12. The van der Waals surface area contributed by atoms with E-state index in [0.717, 1.165) is 24.8 Å². The number of nitrogens with zero attached hydrogens (tertiary/aromatic N) is 2. The number of anilines is 1. The van der Waals surface area contributed by atoms with Gasteiger partial charge in [-0.25, -0.2) is 10.0 Å². The number of nitrogens with one attached hydrogen (secondary N) is 2. The minimum Gasteiger partial charge on any atom is -0.286 e. The van der Waals surface area contributed by atoms with Crippen LogP contribution in [0.3, 0.4) is 0 Å². The van der Waals surface area contributed by atoms with Crippen LogP contribution in [0.4, 0.5) is 5.82 Å². The van der Waals surface area contributed by atoms with Gasteiger partial charge in [-0.1, -0.05) is 26.2 Å². The first-order valence-corrected chi connectivity index (χ1v) is 7.46. The highest BCUT2D eigenvalue weighted by Gasteiger charge is 2.20. The molecule has 0 radical (unpaired) electrons. The van der Waals surface area contributed by atoms with Gasteiger partial charge in [0, 0.05) is 6.20 Å². The molecule has 3 N–H and O–H groups in total. The van der Waals surface area contributed by atoms with E-state index in [4.69, 9.17) is 0 Å². The number of pyridine rings is 1. The van der Waals surface area contributed by atoms with Crippen molar-refractivity contribution in [2.24, 2.45) is 5.92 Å². The van der Waals surface area contributed by atoms with Crippen LogP contribution >= 0.6 is 0 Å². The van der Waals surface area contributed by atoms with E-state index in [9.17, 15) is 14.8 Å². The Morgan fingerprint density at radius 2 is 2.27 bits per heavy atom. The Morgan fingerprint density at radius 1 is 1.50 bits per heavy atom. The zero-order valence-electron chi connectivity index (χ0n) is 13.1. The number of carbonyl (C=O) groups excluding carboxylic acids is 2. The van der Waals surface area contributed by atoms with Gasteiger partial charge in [0.1, 0.15) is 5.82 Å². The Morgan fingerprint density at radius 3 is 2.91 bits per heavy atom. The van der Waals surface area contributed by atoms with Crippen molar-refractivity contribution in [3.63, 3.8) is 0 Å². The summed E-state index contributed by atoms with van der Waals surface area (Å²) in [4.78, 5) is 26.8. The standard InChI is InChI=1S/C15H24N4O3/c1-3-4-5-6-13(10-19(22)11-20)15(21)18-17-14-9-12(2)7-8-16-14/h7-9,11,13,22H,3-6,10H2,1-2H3,(H,16,17)(H,18,21)/t13-/m0/s1. The average Bonchev–Trinajstić information content (AvgIpc) is 2.51. The monoisotopic (exact) mass is 308 g/mol. The second-order valence-electron chi connectivity index (χ2n) is 5.25. The molecule has 0 spiro atoms. The van der Waals surface area contributed by atoms with Gasteiger partial charge in [0.2, 0.25) is 12.3 Å². The van der Waals surface area contributed by atoms with Crippen LogP contribution in [-0.2, 0) is 9.59 Å². The largest absolute Gasteiger partial charge is 0.286 e. The topological polar surface area (TPSA) is 94.6 Å². The molecule has 0 aliphatic carbocycles. The lowest BCUT2D eigenvalue weighted by molar-refractivity contribution is -0.154. The summed E-state index contributed by atoms with van der Waals surface area (Å²) in [7, 11) is 0. The maximum absolute atomic E-state index is 12.2. The van der Waals surface area contributed by atoms with Gasteiger partial charge in [-0.05, 0) is 31.0 Å². The van der Waals surface area contributed by atoms with Crippen LogP contribution in [0, 0.1) is 12.8 Å². The molecule has 1 atom stereocenters. The van der Waals surface area contributed by atoms with Crippen molar-refractivity contribution in [1.29, 1.82) is 0 Å². The summed E-state index contributed by atoms with van der Waals surface area (Å²) in [5.41, 5.74) is 6.35. The third-order valence-electron chi connectivity index (χ3n) is 3.29. The molecule has 1 aromatic heterocycles. The molecule has 7 nitrogen and oxygen atoms in total. The van der Waals surface area contributed by atoms with E-state index in [1.165, 1.54) is 0 Å². The quantitative estimate of drug-likeness (QED) is 0.265. The molecule has 0 fully saturated rings. The number of hydrazine groups is 1. The smallest absolute Gasteiger partial charge is 0.243 e. The molecule has 0 unspecified atom stereocenters. The van der Waals surface area contributed by atoms with Gasteiger partial charge in [-0.2, -0.15) is 0 Å². The maximum atomic E-state index is 12.2. The zero-order chi connectivity index (χ0) is 16.4. The summed E-state index contributed by atoms with van der Waals surface area (Å²) >= 11 is 0. The van der Waals surface area contributed by atoms with Crippen LogP contribution in [0.15, 0.2) is 18.3 Å². The summed E-state index contributed by atoms with van der Waals surface area (Å²) in [6.45, 7) is 3.97. The highest BCUT2D eigenvalue weighted by atomic mass is 16.5. The van der Waals surface area contributed by atoms with Gasteiger partial charge in [-0.15, -0.1) is 0 Å². The summed E-state index contributed by atoms with van der Waals surface area (Å²) in [6, 6.07) is 3.66. The number of hydrogen-bond acceptors (Lipinski definition) is 5. The molecule has 0 aromatic carbocycles. The molecule has 7 heteroatoms. The molecule has 22 heavy (non-hydrogen) atoms. The molecule has 0 aliphatic heterocycles. The Balaban J connectivity index is 2.55. The lowest BCUT2D eigenvalue weighted by atomic mass is 10.0. The average molecular weight is 308 g/mol. The number of rotatable bonds is 10. The summed E-state index contributed by atoms with van der Waals surface area (Å²) in [5, 5.41) is 9.81. The van der Waals surface area contributed by atoms with Crippen molar-refractivity contribution in [2.45, 2.75) is 39.5 Å². The summed E-state index contributed by atoms with van der Waals surface area (Å²) in [5.74, 6) is -0.212. The molecule has 2 amide bonds. The predicted molar refractivity (Wildman–Crippen MR) is 82.9 cm³/mol. The Kier molecular flexibility index (Phi) is 7.91. The van der Waals surface area contributed by atoms with Crippen molar-refractivity contribution < 1.29 is 14.8 Å². The van der Waals surface area contributed by atoms with Gasteiger partial charge in [0.05, 0.1) is 12.5 Å². The van der Waals surface area contributed by atoms with E-state index < -0.39 is 5.92 Å². The third kappa shape index (κ3) is 6.53. The van der Waals surface area contributed by atoms with Crippen LogP contribution in [0.2, 0.25) is 0 Å². The fraction of sp³-hybridized carbons (Fsp3) is 0.533. The first kappa shape index (κ1) is 17.9. The Hall–Kier alpha value is -2.15. The van der Waals surface area contributed by atoms with E-state index in [2.05, 4.69) is 22.8 Å². The molecular formula is C15H24N4O3. The first-order chi connectivity index (χ1) is 10.6. The number of hydroxylamine groups is 2. The lowest BCUT2D eigenvalue weighted by Gasteiger charge is -2.19. The molecule has 122 valence electrons. The summed E-state index contributed by atoms with van der Waals surface area (Å²) in [6.07, 6.45) is 5.46. The van der Waals surface area contributed by atoms with Crippen molar-refractivity contribution in [2.75, 3.05) is 12.0 Å². The van der Waals surface area contributed by atoms with Crippen molar-refractivity contribution in [3.05, 3.63) is 23.9 Å². The van der Waals surface area contributed by atoms with E-state index in [1.807, 2.05) is 13.0 Å². The van der Waals surface area contributed by atoms with Crippen LogP contribution in [-0.4, -0.2) is 34.1 Å². The van der Waals surface area contributed by atoms with Crippen LogP contribution in [0.5, 0.6) is 0 Å². The highest BCUT2D eigenvalue weighted by molar-refractivity contribution is 5.80. The van der Waals surface area contributed by atoms with Crippen molar-refractivity contribution >= 4 is 18.1 Å². The zero-order valence-corrected chi connectivity index (χ0v) is 13.1. The van der Waals surface area contributed by atoms with E-state index in [0.29, 0.717) is 23.7 Å². The van der Waals surface area contributed by atoms with E-state index >= 15 is 0 Å². The number of aryl methyl sites for hydroxylation is 1. The van der Waals surface area contributed by atoms with Crippen LogP contribution in [0.25, 0.3) is 0 Å². The number of carbonyl (C=O) groups is 2. The van der Waals surface area contributed by atoms with Crippen molar-refractivity contribution in [1.82, 2.24) is 15.5 Å². The lowest BCUT2D eigenvalue weighted by Crippen LogP contribution is -2.40. The van der Waals surface area contributed by atoms with Crippen LogP contribution in [0.1, 0.15) is 38.2 Å². The van der Waals surface area contributed by atoms with Gasteiger partial charge >= 0.3 is 0 Å². The molecule has 0 saturated heterocycles. The number of hydrogen-bond donors (Lipinski definition) is 3. The first-order valence-electron chi connectivity index (χ1n) is 7.46. The second kappa shape index (κ2) is 9.73.